The monoisotopic (exact) mass is 398 g/mol. The highest BCUT2D eigenvalue weighted by molar-refractivity contribution is 6.29. The maximum absolute atomic E-state index is 12.7. The molecule has 1 aliphatic rings. The Kier molecular flexibility index (Phi) is 5.08. The number of nitrogens with one attached hydrogen (secondary N) is 2. The highest BCUT2D eigenvalue weighted by atomic mass is 35.5. The molecule has 0 saturated heterocycles. The summed E-state index contributed by atoms with van der Waals surface area (Å²) >= 11 is 6.02. The maximum atomic E-state index is 12.7. The Labute approximate surface area is 167 Å². The molecule has 2 N–H and O–H groups in total. The smallest absolute Gasteiger partial charge is 0.253 e. The van der Waals surface area contributed by atoms with Crippen LogP contribution in [0, 0.1) is 0 Å². The summed E-state index contributed by atoms with van der Waals surface area (Å²) in [6, 6.07) is 13.0. The number of ether oxygens (including phenoxy) is 2. The molecule has 0 aliphatic carbocycles. The summed E-state index contributed by atoms with van der Waals surface area (Å²) in [7, 11) is 1.84. The number of fused-ring (bicyclic) bond motifs is 1. The van der Waals surface area contributed by atoms with E-state index in [4.69, 9.17) is 21.1 Å². The molecular formula is C20H19ClN4O3. The van der Waals surface area contributed by atoms with Crippen molar-refractivity contribution in [3.05, 3.63) is 70.8 Å². The number of halogens is 1. The first kappa shape index (κ1) is 18.2. The zero-order chi connectivity index (χ0) is 19.5. The predicted octanol–water partition coefficient (Wildman–Crippen LogP) is 3.34. The number of carbonyl (C=O) groups is 1. The van der Waals surface area contributed by atoms with E-state index in [-0.39, 0.29) is 12.7 Å². The van der Waals surface area contributed by atoms with Crippen LogP contribution in [-0.2, 0) is 20.1 Å². The lowest BCUT2D eigenvalue weighted by Crippen LogP contribution is -2.24. The van der Waals surface area contributed by atoms with Gasteiger partial charge in [0.2, 0.25) is 6.79 Å². The first-order valence-electron chi connectivity index (χ1n) is 8.77. The van der Waals surface area contributed by atoms with Crippen LogP contribution in [0.4, 0.5) is 5.69 Å². The van der Waals surface area contributed by atoms with E-state index >= 15 is 0 Å². The molecule has 3 aromatic rings. The second kappa shape index (κ2) is 7.82. The van der Waals surface area contributed by atoms with Crippen molar-refractivity contribution in [2.45, 2.75) is 13.1 Å². The molecule has 144 valence electrons. The Bertz CT molecular complexity index is 1020. The minimum absolute atomic E-state index is 0.168. The normalized spacial score (nSPS) is 12.1. The van der Waals surface area contributed by atoms with Crippen molar-refractivity contribution < 1.29 is 14.3 Å². The van der Waals surface area contributed by atoms with Crippen molar-refractivity contribution in [1.82, 2.24) is 14.9 Å². The number of hydrogen-bond donors (Lipinski definition) is 2. The lowest BCUT2D eigenvalue weighted by molar-refractivity contribution is 0.0951. The van der Waals surface area contributed by atoms with Gasteiger partial charge in [-0.15, -0.1) is 0 Å². The predicted molar refractivity (Wildman–Crippen MR) is 106 cm³/mol. The Balaban J connectivity index is 1.42. The van der Waals surface area contributed by atoms with Gasteiger partial charge in [0.1, 0.15) is 11.0 Å². The van der Waals surface area contributed by atoms with Gasteiger partial charge in [-0.25, -0.2) is 4.98 Å². The molecule has 0 radical (unpaired) electrons. The summed E-state index contributed by atoms with van der Waals surface area (Å²) in [5, 5.41) is 6.76. The molecular weight excluding hydrogens is 380 g/mol. The molecule has 0 spiro atoms. The van der Waals surface area contributed by atoms with Gasteiger partial charge in [0.15, 0.2) is 11.5 Å². The van der Waals surface area contributed by atoms with Gasteiger partial charge in [0.25, 0.3) is 5.91 Å². The standard InChI is InChI=1S/C20H19ClN4O3/c1-25-18(21)10-23-19(25)11-22-15-5-3-2-4-14(15)20(26)24-9-13-6-7-16-17(8-13)28-12-27-16/h2-8,10,22H,9,11-12H2,1H3,(H,24,26). The fraction of sp³-hybridized carbons (Fsp3) is 0.200. The number of nitrogens with zero attached hydrogens (tertiary/aromatic N) is 2. The lowest BCUT2D eigenvalue weighted by atomic mass is 10.1. The number of imidazole rings is 1. The van der Waals surface area contributed by atoms with Crippen molar-refractivity contribution in [3.63, 3.8) is 0 Å². The van der Waals surface area contributed by atoms with Crippen molar-refractivity contribution in [2.24, 2.45) is 7.05 Å². The number of benzene rings is 2. The van der Waals surface area contributed by atoms with Crippen molar-refractivity contribution >= 4 is 23.2 Å². The van der Waals surface area contributed by atoms with E-state index in [1.807, 2.05) is 43.4 Å². The third kappa shape index (κ3) is 3.75. The molecule has 1 aliphatic heterocycles. The number of rotatable bonds is 6. The Morgan fingerprint density at radius 2 is 2.00 bits per heavy atom. The minimum Gasteiger partial charge on any atom is -0.454 e. The molecule has 0 unspecified atom stereocenters. The van der Waals surface area contributed by atoms with E-state index in [1.54, 1.807) is 16.8 Å². The fourth-order valence-corrected chi connectivity index (χ4v) is 3.07. The van der Waals surface area contributed by atoms with Crippen molar-refractivity contribution in [3.8, 4) is 11.5 Å². The van der Waals surface area contributed by atoms with E-state index in [9.17, 15) is 4.79 Å². The molecule has 4 rings (SSSR count). The van der Waals surface area contributed by atoms with Crippen molar-refractivity contribution in [1.29, 1.82) is 0 Å². The first-order chi connectivity index (χ1) is 13.6. The SMILES string of the molecule is Cn1c(Cl)cnc1CNc1ccccc1C(=O)NCc1ccc2c(c1)OCO2. The van der Waals surface area contributed by atoms with Gasteiger partial charge in [-0.2, -0.15) is 0 Å². The van der Waals surface area contributed by atoms with Gasteiger partial charge >= 0.3 is 0 Å². The quantitative estimate of drug-likeness (QED) is 0.666. The number of hydrogen-bond acceptors (Lipinski definition) is 5. The summed E-state index contributed by atoms with van der Waals surface area (Å²) in [6.07, 6.45) is 1.60. The highest BCUT2D eigenvalue weighted by Gasteiger charge is 2.15. The van der Waals surface area contributed by atoms with E-state index in [0.29, 0.717) is 29.6 Å². The van der Waals surface area contributed by atoms with Crippen LogP contribution in [0.25, 0.3) is 0 Å². The molecule has 0 bridgehead atoms. The highest BCUT2D eigenvalue weighted by Crippen LogP contribution is 2.32. The third-order valence-corrected chi connectivity index (χ3v) is 4.88. The van der Waals surface area contributed by atoms with Gasteiger partial charge < -0.3 is 24.7 Å². The molecule has 0 fully saturated rings. The molecule has 1 aromatic heterocycles. The van der Waals surface area contributed by atoms with Gasteiger partial charge in [-0.3, -0.25) is 4.79 Å². The second-order valence-electron chi connectivity index (χ2n) is 6.33. The van der Waals surface area contributed by atoms with Crippen LogP contribution in [0.5, 0.6) is 11.5 Å². The van der Waals surface area contributed by atoms with E-state index < -0.39 is 0 Å². The molecule has 28 heavy (non-hydrogen) atoms. The zero-order valence-corrected chi connectivity index (χ0v) is 16.0. The van der Waals surface area contributed by atoms with Gasteiger partial charge in [0, 0.05) is 19.3 Å². The molecule has 0 atom stereocenters. The molecule has 8 heteroatoms. The van der Waals surface area contributed by atoms with Crippen LogP contribution in [0.3, 0.4) is 0 Å². The number of para-hydroxylation sites is 1. The average Bonchev–Trinajstić information content (AvgIpc) is 3.31. The molecule has 7 nitrogen and oxygen atoms in total. The second-order valence-corrected chi connectivity index (χ2v) is 6.71. The largest absolute Gasteiger partial charge is 0.454 e. The van der Waals surface area contributed by atoms with Crippen LogP contribution in [-0.4, -0.2) is 22.3 Å². The number of aromatic nitrogens is 2. The Morgan fingerprint density at radius 1 is 1.18 bits per heavy atom. The van der Waals surface area contributed by atoms with Gasteiger partial charge in [0.05, 0.1) is 18.3 Å². The van der Waals surface area contributed by atoms with Crippen LogP contribution in [0.1, 0.15) is 21.7 Å². The van der Waals surface area contributed by atoms with E-state index in [0.717, 1.165) is 22.8 Å². The molecule has 2 heterocycles. The minimum atomic E-state index is -0.168. The first-order valence-corrected chi connectivity index (χ1v) is 9.15. The topological polar surface area (TPSA) is 77.4 Å². The van der Waals surface area contributed by atoms with E-state index in [2.05, 4.69) is 15.6 Å². The van der Waals surface area contributed by atoms with Crippen LogP contribution in [0.15, 0.2) is 48.7 Å². The lowest BCUT2D eigenvalue weighted by Gasteiger charge is -2.12. The molecule has 2 aromatic carbocycles. The van der Waals surface area contributed by atoms with Crippen LogP contribution in [0.2, 0.25) is 5.15 Å². The summed E-state index contributed by atoms with van der Waals surface area (Å²) in [5.74, 6) is 2.03. The third-order valence-electron chi connectivity index (χ3n) is 4.53. The zero-order valence-electron chi connectivity index (χ0n) is 15.2. The fourth-order valence-electron chi connectivity index (χ4n) is 2.93. The number of anilines is 1. The summed E-state index contributed by atoms with van der Waals surface area (Å²) in [5.41, 5.74) is 2.22. The summed E-state index contributed by atoms with van der Waals surface area (Å²) in [4.78, 5) is 17.0. The Hall–Kier alpha value is -3.19. The molecule has 0 saturated carbocycles. The summed E-state index contributed by atoms with van der Waals surface area (Å²) < 4.78 is 12.5. The molecule has 1 amide bonds. The Morgan fingerprint density at radius 3 is 2.82 bits per heavy atom. The van der Waals surface area contributed by atoms with Crippen LogP contribution >= 0.6 is 11.6 Å². The van der Waals surface area contributed by atoms with Gasteiger partial charge in [-0.05, 0) is 29.8 Å². The van der Waals surface area contributed by atoms with E-state index in [1.165, 1.54) is 0 Å². The number of carbonyl (C=O) groups excluding carboxylic acids is 1. The summed E-state index contributed by atoms with van der Waals surface area (Å²) in [6.45, 7) is 1.07. The maximum Gasteiger partial charge on any atom is 0.253 e. The average molecular weight is 399 g/mol. The number of amides is 1. The van der Waals surface area contributed by atoms with Crippen LogP contribution < -0.4 is 20.1 Å². The van der Waals surface area contributed by atoms with Gasteiger partial charge in [-0.1, -0.05) is 29.8 Å². The van der Waals surface area contributed by atoms with Crippen molar-refractivity contribution in [2.75, 3.05) is 12.1 Å².